The molecule has 2 N–H and O–H groups in total. The number of nitrogens with one attached hydrogen (secondary N) is 1. The van der Waals surface area contributed by atoms with E-state index in [1.807, 2.05) is 6.07 Å². The molecule has 0 radical (unpaired) electrons. The summed E-state index contributed by atoms with van der Waals surface area (Å²) in [6, 6.07) is 1.89. The number of hydrogen-bond acceptors (Lipinski definition) is 4. The summed E-state index contributed by atoms with van der Waals surface area (Å²) in [6.07, 6.45) is 6.24. The van der Waals surface area contributed by atoms with Crippen molar-refractivity contribution in [2.75, 3.05) is 11.9 Å². The SMILES string of the molecule is CC1(C)CCC(O)(CNc2cc(Br)nc(C3CC3)n2)CC1. The van der Waals surface area contributed by atoms with Crippen molar-refractivity contribution in [2.24, 2.45) is 5.41 Å². The highest BCUT2D eigenvalue weighted by atomic mass is 79.9. The molecule has 4 nitrogen and oxygen atoms in total. The lowest BCUT2D eigenvalue weighted by atomic mass is 9.71. The third-order valence-electron chi connectivity index (χ3n) is 4.79. The third-order valence-corrected chi connectivity index (χ3v) is 5.19. The van der Waals surface area contributed by atoms with Gasteiger partial charge in [0.05, 0.1) is 5.60 Å². The summed E-state index contributed by atoms with van der Waals surface area (Å²) in [5.74, 6) is 2.27. The molecule has 2 saturated carbocycles. The van der Waals surface area contributed by atoms with Gasteiger partial charge in [0.2, 0.25) is 0 Å². The highest BCUT2D eigenvalue weighted by molar-refractivity contribution is 9.10. The minimum atomic E-state index is -0.604. The minimum Gasteiger partial charge on any atom is -0.388 e. The number of rotatable bonds is 4. The van der Waals surface area contributed by atoms with Crippen LogP contribution in [-0.2, 0) is 0 Å². The molecule has 0 atom stereocenters. The van der Waals surface area contributed by atoms with Crippen molar-refractivity contribution in [3.05, 3.63) is 16.5 Å². The monoisotopic (exact) mass is 353 g/mol. The van der Waals surface area contributed by atoms with Crippen molar-refractivity contribution >= 4 is 21.7 Å². The molecule has 0 unspecified atom stereocenters. The number of anilines is 1. The Morgan fingerprint density at radius 2 is 1.90 bits per heavy atom. The normalized spacial score (nSPS) is 23.8. The van der Waals surface area contributed by atoms with Gasteiger partial charge >= 0.3 is 0 Å². The predicted octanol–water partition coefficient (Wildman–Crippen LogP) is 3.86. The minimum absolute atomic E-state index is 0.364. The Bertz CT molecular complexity index is 518. The zero-order valence-electron chi connectivity index (χ0n) is 12.8. The van der Waals surface area contributed by atoms with Crippen LogP contribution in [0.25, 0.3) is 0 Å². The van der Waals surface area contributed by atoms with E-state index in [4.69, 9.17) is 0 Å². The molecule has 0 bridgehead atoms. The number of halogens is 1. The van der Waals surface area contributed by atoms with Crippen LogP contribution in [-0.4, -0.2) is 27.2 Å². The van der Waals surface area contributed by atoms with E-state index < -0.39 is 5.60 Å². The van der Waals surface area contributed by atoms with Crippen molar-refractivity contribution in [1.82, 2.24) is 9.97 Å². The molecular weight excluding hydrogens is 330 g/mol. The van der Waals surface area contributed by atoms with Crippen LogP contribution >= 0.6 is 15.9 Å². The highest BCUT2D eigenvalue weighted by Crippen LogP contribution is 2.41. The number of nitrogens with zero attached hydrogens (tertiary/aromatic N) is 2. The van der Waals surface area contributed by atoms with Gasteiger partial charge in [-0.15, -0.1) is 0 Å². The molecule has 0 amide bonds. The van der Waals surface area contributed by atoms with Crippen LogP contribution in [0, 0.1) is 5.41 Å². The first kappa shape index (κ1) is 15.2. The standard InChI is InChI=1S/C16H24BrN3O/c1-15(2)5-7-16(21,8-6-15)10-18-13-9-12(17)19-14(20-13)11-3-4-11/h9,11,21H,3-8,10H2,1-2H3,(H,18,19,20). The molecule has 2 fully saturated rings. The lowest BCUT2D eigenvalue weighted by Crippen LogP contribution is -2.42. The molecular formula is C16H24BrN3O. The van der Waals surface area contributed by atoms with Crippen LogP contribution in [0.15, 0.2) is 10.7 Å². The summed E-state index contributed by atoms with van der Waals surface area (Å²) >= 11 is 3.45. The van der Waals surface area contributed by atoms with Gasteiger partial charge in [0.15, 0.2) is 0 Å². The zero-order valence-corrected chi connectivity index (χ0v) is 14.4. The van der Waals surface area contributed by atoms with Gasteiger partial charge in [-0.1, -0.05) is 13.8 Å². The largest absolute Gasteiger partial charge is 0.388 e. The van der Waals surface area contributed by atoms with E-state index >= 15 is 0 Å². The van der Waals surface area contributed by atoms with Gasteiger partial charge in [0.1, 0.15) is 16.2 Å². The summed E-state index contributed by atoms with van der Waals surface area (Å²) in [5.41, 5.74) is -0.240. The van der Waals surface area contributed by atoms with Crippen molar-refractivity contribution in [1.29, 1.82) is 0 Å². The Labute approximate surface area is 134 Å². The molecule has 0 saturated heterocycles. The number of aromatic nitrogens is 2. The van der Waals surface area contributed by atoms with Crippen LogP contribution in [0.1, 0.15) is 64.1 Å². The second kappa shape index (κ2) is 5.51. The Hall–Kier alpha value is -0.680. The second-order valence-corrected chi connectivity index (χ2v) is 8.26. The van der Waals surface area contributed by atoms with Crippen molar-refractivity contribution in [3.8, 4) is 0 Å². The van der Waals surface area contributed by atoms with Crippen LogP contribution in [0.5, 0.6) is 0 Å². The van der Waals surface area contributed by atoms with Crippen LogP contribution in [0.2, 0.25) is 0 Å². The molecule has 0 spiro atoms. The fourth-order valence-corrected chi connectivity index (χ4v) is 3.27. The quantitative estimate of drug-likeness (QED) is 0.806. The van der Waals surface area contributed by atoms with Crippen molar-refractivity contribution in [3.63, 3.8) is 0 Å². The van der Waals surface area contributed by atoms with Gasteiger partial charge in [-0.05, 0) is 59.9 Å². The Morgan fingerprint density at radius 1 is 1.24 bits per heavy atom. The third kappa shape index (κ3) is 3.95. The average molecular weight is 354 g/mol. The van der Waals surface area contributed by atoms with Crippen LogP contribution in [0.3, 0.4) is 0 Å². The Morgan fingerprint density at radius 3 is 2.52 bits per heavy atom. The number of aliphatic hydroxyl groups is 1. The van der Waals surface area contributed by atoms with Crippen molar-refractivity contribution in [2.45, 2.75) is 63.9 Å². The van der Waals surface area contributed by atoms with Gasteiger partial charge in [0, 0.05) is 18.5 Å². The molecule has 1 aromatic rings. The highest BCUT2D eigenvalue weighted by Gasteiger charge is 2.36. The molecule has 0 aromatic carbocycles. The summed E-state index contributed by atoms with van der Waals surface area (Å²) in [4.78, 5) is 9.01. The molecule has 2 aliphatic rings. The lowest BCUT2D eigenvalue weighted by molar-refractivity contribution is -0.0145. The first-order chi connectivity index (χ1) is 9.85. The van der Waals surface area contributed by atoms with Gasteiger partial charge in [-0.3, -0.25) is 0 Å². The maximum atomic E-state index is 10.7. The average Bonchev–Trinajstić information content (AvgIpc) is 3.25. The van der Waals surface area contributed by atoms with E-state index in [1.54, 1.807) is 0 Å². The zero-order chi connectivity index (χ0) is 15.1. The van der Waals surface area contributed by atoms with E-state index in [0.717, 1.165) is 41.9 Å². The van der Waals surface area contributed by atoms with E-state index in [9.17, 15) is 5.11 Å². The first-order valence-electron chi connectivity index (χ1n) is 7.86. The molecule has 1 aromatic heterocycles. The van der Waals surface area contributed by atoms with Gasteiger partial charge in [-0.2, -0.15) is 0 Å². The van der Waals surface area contributed by atoms with Gasteiger partial charge in [-0.25, -0.2) is 9.97 Å². The molecule has 21 heavy (non-hydrogen) atoms. The maximum Gasteiger partial charge on any atom is 0.135 e. The molecule has 116 valence electrons. The smallest absolute Gasteiger partial charge is 0.135 e. The van der Waals surface area contributed by atoms with E-state index in [1.165, 1.54) is 12.8 Å². The van der Waals surface area contributed by atoms with Gasteiger partial charge in [0.25, 0.3) is 0 Å². The van der Waals surface area contributed by atoms with E-state index in [0.29, 0.717) is 17.9 Å². The topological polar surface area (TPSA) is 58.0 Å². The second-order valence-electron chi connectivity index (χ2n) is 7.45. The van der Waals surface area contributed by atoms with E-state index in [2.05, 4.69) is 45.1 Å². The predicted molar refractivity (Wildman–Crippen MR) is 87.4 cm³/mol. The molecule has 2 aliphatic carbocycles. The van der Waals surface area contributed by atoms with Crippen LogP contribution in [0.4, 0.5) is 5.82 Å². The molecule has 1 heterocycles. The summed E-state index contributed by atoms with van der Waals surface area (Å²) in [5, 5.41) is 14.0. The lowest BCUT2D eigenvalue weighted by Gasteiger charge is -2.40. The summed E-state index contributed by atoms with van der Waals surface area (Å²) in [7, 11) is 0. The first-order valence-corrected chi connectivity index (χ1v) is 8.65. The van der Waals surface area contributed by atoms with Crippen LogP contribution < -0.4 is 5.32 Å². The summed E-state index contributed by atoms with van der Waals surface area (Å²) in [6.45, 7) is 5.13. The number of hydrogen-bond donors (Lipinski definition) is 2. The Kier molecular flexibility index (Phi) is 3.99. The molecule has 5 heteroatoms. The summed E-state index contributed by atoms with van der Waals surface area (Å²) < 4.78 is 0.818. The Balaban J connectivity index is 1.62. The molecule has 0 aliphatic heterocycles. The molecule has 3 rings (SSSR count). The fourth-order valence-electron chi connectivity index (χ4n) is 2.87. The maximum absolute atomic E-state index is 10.7. The van der Waals surface area contributed by atoms with Crippen molar-refractivity contribution < 1.29 is 5.11 Å². The fraction of sp³-hybridized carbons (Fsp3) is 0.750. The van der Waals surface area contributed by atoms with Gasteiger partial charge < -0.3 is 10.4 Å². The van der Waals surface area contributed by atoms with E-state index in [-0.39, 0.29) is 0 Å².